The molecule has 0 saturated carbocycles. The van der Waals surface area contributed by atoms with Crippen molar-refractivity contribution < 1.29 is 19.5 Å². The highest BCUT2D eigenvalue weighted by atomic mass is 16.3. The number of imide groups is 1. The zero-order chi connectivity index (χ0) is 18.4. The van der Waals surface area contributed by atoms with E-state index in [-0.39, 0.29) is 22.8 Å². The molecular weight excluding hydrogens is 332 g/mol. The Morgan fingerprint density at radius 3 is 2.42 bits per heavy atom. The molecular formula is C20H14N2O4. The van der Waals surface area contributed by atoms with Crippen LogP contribution in [0.25, 0.3) is 10.8 Å². The number of phenolic OH excluding ortho intramolecular Hbond substituents is 1. The molecule has 0 aromatic heterocycles. The van der Waals surface area contributed by atoms with Crippen molar-refractivity contribution in [2.45, 2.75) is 0 Å². The van der Waals surface area contributed by atoms with Crippen LogP contribution in [0.2, 0.25) is 0 Å². The van der Waals surface area contributed by atoms with Crippen molar-refractivity contribution in [1.82, 2.24) is 4.90 Å². The second-order valence-corrected chi connectivity index (χ2v) is 6.06. The van der Waals surface area contributed by atoms with Crippen LogP contribution in [0.1, 0.15) is 31.1 Å². The summed E-state index contributed by atoms with van der Waals surface area (Å²) in [4.78, 5) is 37.7. The van der Waals surface area contributed by atoms with E-state index < -0.39 is 11.8 Å². The standard InChI is InChI=1S/C20H14N2O4/c1-22-19(25)14-9-8-11(10-15(14)20(22)26)18(24)21-16-6-2-5-13-12(16)4-3-7-17(13)23/h2-10,23H,1H3,(H,21,24). The number of hydrogen-bond donors (Lipinski definition) is 2. The molecule has 6 nitrogen and oxygen atoms in total. The lowest BCUT2D eigenvalue weighted by atomic mass is 10.0. The predicted molar refractivity (Wildman–Crippen MR) is 96.4 cm³/mol. The highest BCUT2D eigenvalue weighted by molar-refractivity contribution is 6.22. The maximum absolute atomic E-state index is 12.6. The molecule has 26 heavy (non-hydrogen) atoms. The first kappa shape index (κ1) is 15.8. The van der Waals surface area contributed by atoms with Gasteiger partial charge in [0.15, 0.2) is 0 Å². The maximum atomic E-state index is 12.6. The lowest BCUT2D eigenvalue weighted by Crippen LogP contribution is -2.24. The van der Waals surface area contributed by atoms with E-state index in [2.05, 4.69) is 5.32 Å². The fraction of sp³-hybridized carbons (Fsp3) is 0.0500. The topological polar surface area (TPSA) is 86.7 Å². The van der Waals surface area contributed by atoms with Crippen molar-refractivity contribution in [2.24, 2.45) is 0 Å². The third-order valence-electron chi connectivity index (χ3n) is 4.50. The first-order valence-electron chi connectivity index (χ1n) is 7.96. The minimum atomic E-state index is -0.422. The van der Waals surface area contributed by atoms with Crippen LogP contribution < -0.4 is 5.32 Å². The summed E-state index contributed by atoms with van der Waals surface area (Å²) in [6.07, 6.45) is 0. The van der Waals surface area contributed by atoms with Crippen LogP contribution >= 0.6 is 0 Å². The molecule has 0 radical (unpaired) electrons. The lowest BCUT2D eigenvalue weighted by Gasteiger charge is -2.10. The van der Waals surface area contributed by atoms with Gasteiger partial charge in [-0.1, -0.05) is 24.3 Å². The summed E-state index contributed by atoms with van der Waals surface area (Å²) in [5.74, 6) is -1.07. The van der Waals surface area contributed by atoms with Crippen LogP contribution in [0.5, 0.6) is 5.75 Å². The van der Waals surface area contributed by atoms with E-state index in [9.17, 15) is 19.5 Å². The molecule has 0 spiro atoms. The molecule has 4 rings (SSSR count). The van der Waals surface area contributed by atoms with Gasteiger partial charge >= 0.3 is 0 Å². The summed E-state index contributed by atoms with van der Waals surface area (Å²) in [5, 5.41) is 14.1. The lowest BCUT2D eigenvalue weighted by molar-refractivity contribution is 0.0693. The summed E-state index contributed by atoms with van der Waals surface area (Å²) in [6.45, 7) is 0. The van der Waals surface area contributed by atoms with Gasteiger partial charge in [-0.3, -0.25) is 19.3 Å². The zero-order valence-electron chi connectivity index (χ0n) is 13.8. The van der Waals surface area contributed by atoms with Crippen molar-refractivity contribution >= 4 is 34.2 Å². The second-order valence-electron chi connectivity index (χ2n) is 6.06. The SMILES string of the molecule is CN1C(=O)c2ccc(C(=O)Nc3cccc4c(O)cccc34)cc2C1=O. The van der Waals surface area contributed by atoms with Crippen molar-refractivity contribution in [1.29, 1.82) is 0 Å². The summed E-state index contributed by atoms with van der Waals surface area (Å²) < 4.78 is 0. The highest BCUT2D eigenvalue weighted by Crippen LogP contribution is 2.30. The number of nitrogens with zero attached hydrogens (tertiary/aromatic N) is 1. The molecule has 1 aliphatic rings. The number of phenols is 1. The van der Waals surface area contributed by atoms with E-state index in [0.29, 0.717) is 22.0 Å². The third kappa shape index (κ3) is 2.31. The number of nitrogens with one attached hydrogen (secondary N) is 1. The van der Waals surface area contributed by atoms with Crippen LogP contribution in [-0.2, 0) is 0 Å². The molecule has 6 heteroatoms. The Morgan fingerprint density at radius 1 is 0.923 bits per heavy atom. The number of fused-ring (bicyclic) bond motifs is 2. The van der Waals surface area contributed by atoms with Gasteiger partial charge in [0.05, 0.1) is 11.1 Å². The minimum Gasteiger partial charge on any atom is -0.507 e. The van der Waals surface area contributed by atoms with Crippen LogP contribution in [0.3, 0.4) is 0 Å². The Hall–Kier alpha value is -3.67. The van der Waals surface area contributed by atoms with Crippen molar-refractivity contribution in [3.63, 3.8) is 0 Å². The fourth-order valence-corrected chi connectivity index (χ4v) is 3.10. The highest BCUT2D eigenvalue weighted by Gasteiger charge is 2.33. The van der Waals surface area contributed by atoms with Gasteiger partial charge in [0, 0.05) is 29.1 Å². The Bertz CT molecular complexity index is 1100. The molecule has 3 aromatic rings. The number of aromatic hydroxyl groups is 1. The quantitative estimate of drug-likeness (QED) is 0.698. The van der Waals surface area contributed by atoms with Crippen molar-refractivity contribution in [2.75, 3.05) is 12.4 Å². The van der Waals surface area contributed by atoms with Crippen LogP contribution in [-0.4, -0.2) is 34.8 Å². The predicted octanol–water partition coefficient (Wildman–Crippen LogP) is 3.02. The summed E-state index contributed by atoms with van der Waals surface area (Å²) in [6, 6.07) is 14.7. The van der Waals surface area contributed by atoms with Gasteiger partial charge in [0.2, 0.25) is 0 Å². The molecule has 2 N–H and O–H groups in total. The van der Waals surface area contributed by atoms with Crippen LogP contribution in [0.4, 0.5) is 5.69 Å². The molecule has 1 heterocycles. The molecule has 0 saturated heterocycles. The largest absolute Gasteiger partial charge is 0.507 e. The van der Waals surface area contributed by atoms with Gasteiger partial charge in [-0.15, -0.1) is 0 Å². The zero-order valence-corrected chi connectivity index (χ0v) is 13.8. The number of amides is 3. The van der Waals surface area contributed by atoms with Crippen molar-refractivity contribution in [3.8, 4) is 5.75 Å². The van der Waals surface area contributed by atoms with E-state index in [1.54, 1.807) is 36.4 Å². The molecule has 0 bridgehead atoms. The third-order valence-corrected chi connectivity index (χ3v) is 4.50. The van der Waals surface area contributed by atoms with Gasteiger partial charge in [0.1, 0.15) is 5.75 Å². The number of hydrogen-bond acceptors (Lipinski definition) is 4. The average molecular weight is 346 g/mol. The number of anilines is 1. The van der Waals surface area contributed by atoms with E-state index in [1.165, 1.54) is 25.2 Å². The molecule has 3 aromatic carbocycles. The Morgan fingerprint density at radius 2 is 1.62 bits per heavy atom. The average Bonchev–Trinajstić information content (AvgIpc) is 2.86. The molecule has 0 fully saturated rings. The maximum Gasteiger partial charge on any atom is 0.261 e. The van der Waals surface area contributed by atoms with Gasteiger partial charge < -0.3 is 10.4 Å². The molecule has 3 amide bonds. The van der Waals surface area contributed by atoms with Crippen LogP contribution in [0, 0.1) is 0 Å². The van der Waals surface area contributed by atoms with E-state index in [0.717, 1.165) is 4.90 Å². The second kappa shape index (κ2) is 5.70. The minimum absolute atomic E-state index is 0.128. The monoisotopic (exact) mass is 346 g/mol. The number of benzene rings is 3. The Labute approximate surface area is 148 Å². The number of carbonyl (C=O) groups is 3. The molecule has 0 unspecified atom stereocenters. The Kier molecular flexibility index (Phi) is 3.47. The summed E-state index contributed by atoms with van der Waals surface area (Å²) >= 11 is 0. The Balaban J connectivity index is 1.70. The molecule has 1 aliphatic heterocycles. The van der Waals surface area contributed by atoms with E-state index in [1.807, 2.05) is 0 Å². The summed E-state index contributed by atoms with van der Waals surface area (Å²) in [7, 11) is 1.41. The normalized spacial score (nSPS) is 13.2. The van der Waals surface area contributed by atoms with Gasteiger partial charge in [0.25, 0.3) is 17.7 Å². The molecule has 0 aliphatic carbocycles. The van der Waals surface area contributed by atoms with Gasteiger partial charge in [-0.05, 0) is 30.3 Å². The number of carbonyl (C=O) groups excluding carboxylic acids is 3. The first-order chi connectivity index (χ1) is 12.5. The van der Waals surface area contributed by atoms with E-state index >= 15 is 0 Å². The smallest absolute Gasteiger partial charge is 0.261 e. The fourth-order valence-electron chi connectivity index (χ4n) is 3.10. The summed E-state index contributed by atoms with van der Waals surface area (Å²) in [5.41, 5.74) is 1.34. The van der Waals surface area contributed by atoms with Gasteiger partial charge in [-0.2, -0.15) is 0 Å². The molecule has 0 atom stereocenters. The van der Waals surface area contributed by atoms with Crippen LogP contribution in [0.15, 0.2) is 54.6 Å². The van der Waals surface area contributed by atoms with E-state index in [4.69, 9.17) is 0 Å². The first-order valence-corrected chi connectivity index (χ1v) is 7.96. The van der Waals surface area contributed by atoms with Crippen molar-refractivity contribution in [3.05, 3.63) is 71.3 Å². The molecule has 128 valence electrons. The van der Waals surface area contributed by atoms with Gasteiger partial charge in [-0.25, -0.2) is 0 Å². The number of rotatable bonds is 2.